The quantitative estimate of drug-likeness (QED) is 0.904. The molecule has 1 atom stereocenters. The first-order valence-corrected chi connectivity index (χ1v) is 8.34. The predicted octanol–water partition coefficient (Wildman–Crippen LogP) is 1.30. The summed E-state index contributed by atoms with van der Waals surface area (Å²) in [5.41, 5.74) is 0.980. The zero-order valence-electron chi connectivity index (χ0n) is 11.5. The van der Waals surface area contributed by atoms with Gasteiger partial charge in [-0.2, -0.15) is 0 Å². The molecule has 1 aromatic rings. The van der Waals surface area contributed by atoms with Crippen molar-refractivity contribution in [3.05, 3.63) is 23.9 Å². The van der Waals surface area contributed by atoms with Gasteiger partial charge in [-0.15, -0.1) is 0 Å². The van der Waals surface area contributed by atoms with E-state index in [2.05, 4.69) is 14.6 Å². The first kappa shape index (κ1) is 14.3. The predicted molar refractivity (Wildman–Crippen MR) is 76.8 cm³/mol. The summed E-state index contributed by atoms with van der Waals surface area (Å²) in [4.78, 5) is 6.65. The first-order valence-electron chi connectivity index (χ1n) is 6.69. The molecule has 0 spiro atoms. The van der Waals surface area contributed by atoms with Crippen LogP contribution in [0.2, 0.25) is 0 Å². The van der Waals surface area contributed by atoms with Gasteiger partial charge in [-0.3, -0.25) is 0 Å². The second-order valence-corrected chi connectivity index (χ2v) is 6.99. The van der Waals surface area contributed by atoms with E-state index >= 15 is 0 Å². The largest absolute Gasteiger partial charge is 0.355 e. The molecule has 1 N–H and O–H groups in total. The molecular weight excluding hydrogens is 262 g/mol. The molecule has 1 fully saturated rings. The molecule has 0 amide bonds. The molecule has 1 aliphatic heterocycles. The number of hydrogen-bond donors (Lipinski definition) is 1. The number of piperidine rings is 1. The van der Waals surface area contributed by atoms with Crippen LogP contribution >= 0.6 is 0 Å². The van der Waals surface area contributed by atoms with E-state index in [0.717, 1.165) is 30.9 Å². The Kier molecular flexibility index (Phi) is 4.42. The van der Waals surface area contributed by atoms with Crippen molar-refractivity contribution in [1.82, 2.24) is 9.71 Å². The van der Waals surface area contributed by atoms with Crippen LogP contribution in [0.4, 0.5) is 5.82 Å². The Hall–Kier alpha value is -1.14. The normalized spacial score (nSPS) is 20.5. The smallest absolute Gasteiger partial charge is 0.211 e. The molecule has 0 aliphatic carbocycles. The minimum atomic E-state index is -3.13. The molecule has 2 rings (SSSR count). The minimum absolute atomic E-state index is 0.0130. The van der Waals surface area contributed by atoms with Gasteiger partial charge >= 0.3 is 0 Å². The molecule has 5 nitrogen and oxygen atoms in total. The highest BCUT2D eigenvalue weighted by Crippen LogP contribution is 2.18. The standard InChI is InChI=1S/C13H21N3O2S/c1-3-19(17,18)15-12-7-5-9-16(10-12)13-8-4-6-11(2)14-13/h4,6,8,12,15H,3,5,7,9-10H2,1-2H3/t12-/m1/s1. The van der Waals surface area contributed by atoms with E-state index in [4.69, 9.17) is 0 Å². The third-order valence-corrected chi connectivity index (χ3v) is 4.80. The maximum absolute atomic E-state index is 11.6. The molecule has 6 heteroatoms. The monoisotopic (exact) mass is 283 g/mol. The lowest BCUT2D eigenvalue weighted by atomic mass is 10.1. The van der Waals surface area contributed by atoms with Gasteiger partial charge in [0.1, 0.15) is 5.82 Å². The molecule has 2 heterocycles. The zero-order chi connectivity index (χ0) is 13.9. The molecule has 106 valence electrons. The Morgan fingerprint density at radius 1 is 1.47 bits per heavy atom. The van der Waals surface area contributed by atoms with Crippen LogP contribution < -0.4 is 9.62 Å². The Labute approximate surface area is 115 Å². The van der Waals surface area contributed by atoms with Gasteiger partial charge in [0.05, 0.1) is 5.75 Å². The number of nitrogens with zero attached hydrogens (tertiary/aromatic N) is 2. The van der Waals surface area contributed by atoms with Gasteiger partial charge in [0, 0.05) is 24.8 Å². The average molecular weight is 283 g/mol. The number of rotatable bonds is 4. The summed E-state index contributed by atoms with van der Waals surface area (Å²) in [6, 6.07) is 5.91. The number of pyridine rings is 1. The highest BCUT2D eigenvalue weighted by molar-refractivity contribution is 7.89. The summed E-state index contributed by atoms with van der Waals surface area (Å²) in [5, 5.41) is 0. The third-order valence-electron chi connectivity index (χ3n) is 3.35. The molecule has 1 aromatic heterocycles. The summed E-state index contributed by atoms with van der Waals surface area (Å²) in [7, 11) is -3.13. The van der Waals surface area contributed by atoms with Gasteiger partial charge in [0.25, 0.3) is 0 Å². The van der Waals surface area contributed by atoms with Crippen LogP contribution in [0.1, 0.15) is 25.5 Å². The number of aromatic nitrogens is 1. The lowest BCUT2D eigenvalue weighted by Crippen LogP contribution is -2.48. The summed E-state index contributed by atoms with van der Waals surface area (Å²) < 4.78 is 26.0. The maximum Gasteiger partial charge on any atom is 0.211 e. The number of hydrogen-bond acceptors (Lipinski definition) is 4. The summed E-state index contributed by atoms with van der Waals surface area (Å²) in [6.45, 7) is 5.24. The van der Waals surface area contributed by atoms with Crippen molar-refractivity contribution in [2.24, 2.45) is 0 Å². The molecule has 0 saturated carbocycles. The lowest BCUT2D eigenvalue weighted by Gasteiger charge is -2.33. The van der Waals surface area contributed by atoms with Crippen LogP contribution in [-0.4, -0.2) is 38.3 Å². The van der Waals surface area contributed by atoms with E-state index in [9.17, 15) is 8.42 Å². The minimum Gasteiger partial charge on any atom is -0.355 e. The van der Waals surface area contributed by atoms with Gasteiger partial charge in [-0.25, -0.2) is 18.1 Å². The molecule has 0 radical (unpaired) electrons. The zero-order valence-corrected chi connectivity index (χ0v) is 12.3. The van der Waals surface area contributed by atoms with Crippen molar-refractivity contribution in [3.63, 3.8) is 0 Å². The maximum atomic E-state index is 11.6. The summed E-state index contributed by atoms with van der Waals surface area (Å²) in [5.74, 6) is 1.06. The van der Waals surface area contributed by atoms with Crippen LogP contribution in [0.15, 0.2) is 18.2 Å². The Morgan fingerprint density at radius 3 is 2.95 bits per heavy atom. The SMILES string of the molecule is CCS(=O)(=O)N[C@@H]1CCCN(c2cccc(C)n2)C1. The second kappa shape index (κ2) is 5.88. The number of nitrogens with one attached hydrogen (secondary N) is 1. The van der Waals surface area contributed by atoms with Crippen LogP contribution in [0.3, 0.4) is 0 Å². The fourth-order valence-electron chi connectivity index (χ4n) is 2.32. The van der Waals surface area contributed by atoms with Gasteiger partial charge in [-0.1, -0.05) is 6.07 Å². The fourth-order valence-corrected chi connectivity index (χ4v) is 3.19. The van der Waals surface area contributed by atoms with E-state index < -0.39 is 10.0 Å². The van der Waals surface area contributed by atoms with E-state index in [0.29, 0.717) is 6.54 Å². The van der Waals surface area contributed by atoms with Gasteiger partial charge in [0.2, 0.25) is 10.0 Å². The molecule has 1 aliphatic rings. The van der Waals surface area contributed by atoms with E-state index in [-0.39, 0.29) is 11.8 Å². The fraction of sp³-hybridized carbons (Fsp3) is 0.615. The Bertz CT molecular complexity index is 530. The summed E-state index contributed by atoms with van der Waals surface area (Å²) in [6.07, 6.45) is 1.87. The van der Waals surface area contributed by atoms with Gasteiger partial charge < -0.3 is 4.90 Å². The van der Waals surface area contributed by atoms with E-state index in [1.54, 1.807) is 6.92 Å². The van der Waals surface area contributed by atoms with Crippen LogP contribution in [0.25, 0.3) is 0 Å². The van der Waals surface area contributed by atoms with Crippen LogP contribution in [-0.2, 0) is 10.0 Å². The first-order chi connectivity index (χ1) is 9.00. The topological polar surface area (TPSA) is 62.3 Å². The number of anilines is 1. The molecular formula is C13H21N3O2S. The third kappa shape index (κ3) is 3.91. The van der Waals surface area contributed by atoms with Crippen LogP contribution in [0, 0.1) is 6.92 Å². The van der Waals surface area contributed by atoms with Gasteiger partial charge in [0.15, 0.2) is 0 Å². The van der Waals surface area contributed by atoms with E-state index in [1.165, 1.54) is 0 Å². The average Bonchev–Trinajstić information content (AvgIpc) is 2.38. The number of sulfonamides is 1. The summed E-state index contributed by atoms with van der Waals surface area (Å²) >= 11 is 0. The second-order valence-electron chi connectivity index (χ2n) is 4.94. The molecule has 0 aromatic carbocycles. The molecule has 0 bridgehead atoms. The number of aryl methyl sites for hydroxylation is 1. The van der Waals surface area contributed by atoms with Crippen molar-refractivity contribution < 1.29 is 8.42 Å². The molecule has 19 heavy (non-hydrogen) atoms. The molecule has 1 saturated heterocycles. The Morgan fingerprint density at radius 2 is 2.26 bits per heavy atom. The highest BCUT2D eigenvalue weighted by atomic mass is 32.2. The van der Waals surface area contributed by atoms with Crippen molar-refractivity contribution in [1.29, 1.82) is 0 Å². The van der Waals surface area contributed by atoms with Gasteiger partial charge in [-0.05, 0) is 38.8 Å². The van der Waals surface area contributed by atoms with Crippen molar-refractivity contribution in [3.8, 4) is 0 Å². The highest BCUT2D eigenvalue weighted by Gasteiger charge is 2.24. The molecule has 0 unspecified atom stereocenters. The van der Waals surface area contributed by atoms with Crippen molar-refractivity contribution in [2.75, 3.05) is 23.7 Å². The van der Waals surface area contributed by atoms with E-state index in [1.807, 2.05) is 25.1 Å². The lowest BCUT2D eigenvalue weighted by molar-refractivity contribution is 0.464. The van der Waals surface area contributed by atoms with Crippen molar-refractivity contribution in [2.45, 2.75) is 32.7 Å². The van der Waals surface area contributed by atoms with Crippen LogP contribution in [0.5, 0.6) is 0 Å². The van der Waals surface area contributed by atoms with Crippen molar-refractivity contribution >= 4 is 15.8 Å². The Balaban J connectivity index is 2.05.